The number of amides is 2. The largest absolute Gasteiger partial charge is 0.496 e. The van der Waals surface area contributed by atoms with E-state index in [0.29, 0.717) is 17.0 Å². The normalized spacial score (nSPS) is 13.8. The van der Waals surface area contributed by atoms with E-state index in [4.69, 9.17) is 10.5 Å². The average Bonchev–Trinajstić information content (AvgIpc) is 2.66. The van der Waals surface area contributed by atoms with Gasteiger partial charge in [0.1, 0.15) is 10.6 Å². The zero-order chi connectivity index (χ0) is 21.1. The van der Waals surface area contributed by atoms with Crippen LogP contribution in [-0.2, 0) is 10.1 Å². The summed E-state index contributed by atoms with van der Waals surface area (Å²) in [6.45, 7) is 1.77. The smallest absolute Gasteiger partial charge is 0.296 e. The number of rotatable bonds is 3. The summed E-state index contributed by atoms with van der Waals surface area (Å²) >= 11 is 0. The molecular weight excluding hydrogens is 396 g/mol. The maximum absolute atomic E-state index is 13.2. The highest BCUT2D eigenvalue weighted by Gasteiger charge is 2.36. The molecule has 3 aromatic carbocycles. The van der Waals surface area contributed by atoms with Crippen LogP contribution in [0.1, 0.15) is 26.3 Å². The molecule has 0 saturated carbocycles. The van der Waals surface area contributed by atoms with Gasteiger partial charge in [-0.1, -0.05) is 12.1 Å². The van der Waals surface area contributed by atoms with Crippen LogP contribution in [-0.4, -0.2) is 31.9 Å². The lowest BCUT2D eigenvalue weighted by atomic mass is 9.92. The fraction of sp³-hybridized carbons (Fsp3) is 0.100. The van der Waals surface area contributed by atoms with Crippen LogP contribution in [0.2, 0.25) is 0 Å². The van der Waals surface area contributed by atoms with E-state index in [1.807, 2.05) is 0 Å². The van der Waals surface area contributed by atoms with Crippen molar-refractivity contribution in [3.05, 3.63) is 59.2 Å². The van der Waals surface area contributed by atoms with Crippen LogP contribution >= 0.6 is 0 Å². The topological polar surface area (TPSA) is 127 Å². The van der Waals surface area contributed by atoms with Crippen molar-refractivity contribution in [2.75, 3.05) is 17.7 Å². The first kappa shape index (κ1) is 18.9. The Bertz CT molecular complexity index is 1330. The average molecular weight is 412 g/mol. The molecule has 3 N–H and O–H groups in total. The Labute approximate surface area is 166 Å². The summed E-state index contributed by atoms with van der Waals surface area (Å²) in [5.74, 6) is -0.681. The Morgan fingerprint density at radius 3 is 2.34 bits per heavy atom. The van der Waals surface area contributed by atoms with Gasteiger partial charge < -0.3 is 10.5 Å². The van der Waals surface area contributed by atoms with E-state index in [2.05, 4.69) is 0 Å². The molecule has 8 nitrogen and oxygen atoms in total. The second-order valence-corrected chi connectivity index (χ2v) is 8.03. The minimum absolute atomic E-state index is 0.0366. The highest BCUT2D eigenvalue weighted by molar-refractivity contribution is 7.86. The number of imide groups is 1. The number of carbonyl (C=O) groups excluding carboxylic acids is 2. The van der Waals surface area contributed by atoms with E-state index in [-0.39, 0.29) is 27.6 Å². The molecule has 29 heavy (non-hydrogen) atoms. The number of methoxy groups -OCH3 is 1. The predicted molar refractivity (Wildman–Crippen MR) is 107 cm³/mol. The van der Waals surface area contributed by atoms with Crippen molar-refractivity contribution < 1.29 is 27.3 Å². The van der Waals surface area contributed by atoms with Crippen molar-refractivity contribution in [3.8, 4) is 5.75 Å². The molecule has 0 spiro atoms. The third-order valence-electron chi connectivity index (χ3n) is 4.95. The molecule has 0 bridgehead atoms. The lowest BCUT2D eigenvalue weighted by molar-refractivity contribution is 0.0893. The van der Waals surface area contributed by atoms with Crippen LogP contribution in [0.4, 0.5) is 11.4 Å². The van der Waals surface area contributed by atoms with Crippen LogP contribution in [0.15, 0.2) is 47.4 Å². The first-order chi connectivity index (χ1) is 13.6. The lowest BCUT2D eigenvalue weighted by Gasteiger charge is -2.28. The lowest BCUT2D eigenvalue weighted by Crippen LogP contribution is -2.40. The van der Waals surface area contributed by atoms with E-state index >= 15 is 0 Å². The summed E-state index contributed by atoms with van der Waals surface area (Å²) in [4.78, 5) is 26.8. The molecule has 9 heteroatoms. The molecule has 2 amide bonds. The Morgan fingerprint density at radius 2 is 1.72 bits per heavy atom. The van der Waals surface area contributed by atoms with Crippen molar-refractivity contribution in [2.24, 2.45) is 0 Å². The first-order valence-electron chi connectivity index (χ1n) is 8.51. The second-order valence-electron chi connectivity index (χ2n) is 6.64. The Hall–Kier alpha value is -3.43. The summed E-state index contributed by atoms with van der Waals surface area (Å²) in [6, 6.07) is 10.4. The van der Waals surface area contributed by atoms with Gasteiger partial charge in [0.2, 0.25) is 0 Å². The third-order valence-corrected chi connectivity index (χ3v) is 5.84. The second kappa shape index (κ2) is 6.29. The van der Waals surface area contributed by atoms with E-state index in [1.165, 1.54) is 25.3 Å². The minimum atomic E-state index is -4.68. The Kier molecular flexibility index (Phi) is 4.10. The van der Waals surface area contributed by atoms with Crippen molar-refractivity contribution >= 4 is 44.1 Å². The maximum Gasteiger partial charge on any atom is 0.296 e. The molecule has 0 saturated heterocycles. The molecule has 1 aliphatic rings. The van der Waals surface area contributed by atoms with E-state index < -0.39 is 26.8 Å². The van der Waals surface area contributed by atoms with Crippen molar-refractivity contribution in [3.63, 3.8) is 0 Å². The van der Waals surface area contributed by atoms with E-state index in [9.17, 15) is 22.6 Å². The summed E-state index contributed by atoms with van der Waals surface area (Å²) in [5.41, 5.74) is 6.90. The van der Waals surface area contributed by atoms with Crippen LogP contribution in [0.5, 0.6) is 5.75 Å². The number of nitrogens with two attached hydrogens (primary N) is 1. The van der Waals surface area contributed by atoms with Gasteiger partial charge in [0, 0.05) is 16.3 Å². The number of carbonyl (C=O) groups is 2. The van der Waals surface area contributed by atoms with Crippen LogP contribution < -0.4 is 15.4 Å². The number of ether oxygens (including phenoxy) is 1. The summed E-state index contributed by atoms with van der Waals surface area (Å²) < 4.78 is 38.3. The molecule has 0 fully saturated rings. The zero-order valence-corrected chi connectivity index (χ0v) is 16.3. The fourth-order valence-corrected chi connectivity index (χ4v) is 4.26. The molecule has 0 aromatic heterocycles. The third kappa shape index (κ3) is 2.74. The number of hydrogen-bond acceptors (Lipinski definition) is 6. The van der Waals surface area contributed by atoms with Gasteiger partial charge in [-0.2, -0.15) is 8.42 Å². The highest BCUT2D eigenvalue weighted by Crippen LogP contribution is 2.39. The first-order valence-corrected chi connectivity index (χ1v) is 9.95. The van der Waals surface area contributed by atoms with Gasteiger partial charge >= 0.3 is 0 Å². The molecule has 148 valence electrons. The van der Waals surface area contributed by atoms with E-state index in [1.54, 1.807) is 25.1 Å². The molecule has 4 rings (SSSR count). The molecule has 1 heterocycles. The number of anilines is 2. The number of benzene rings is 3. The van der Waals surface area contributed by atoms with Gasteiger partial charge in [0.25, 0.3) is 21.9 Å². The van der Waals surface area contributed by atoms with Gasteiger partial charge in [-0.15, -0.1) is 0 Å². The Balaban J connectivity index is 2.02. The van der Waals surface area contributed by atoms with Crippen LogP contribution in [0.25, 0.3) is 10.8 Å². The monoisotopic (exact) mass is 412 g/mol. The quantitative estimate of drug-likeness (QED) is 0.385. The van der Waals surface area contributed by atoms with Crippen molar-refractivity contribution in [1.82, 2.24) is 0 Å². The summed E-state index contributed by atoms with van der Waals surface area (Å²) in [7, 11) is -3.17. The van der Waals surface area contributed by atoms with Gasteiger partial charge in [0.15, 0.2) is 0 Å². The van der Waals surface area contributed by atoms with Gasteiger partial charge in [-0.25, -0.2) is 4.90 Å². The molecule has 0 unspecified atom stereocenters. The summed E-state index contributed by atoms with van der Waals surface area (Å²) in [5, 5.41) is 0.466. The van der Waals surface area contributed by atoms with E-state index in [0.717, 1.165) is 11.0 Å². The van der Waals surface area contributed by atoms with Gasteiger partial charge in [-0.05, 0) is 42.8 Å². The molecule has 3 aromatic rings. The van der Waals surface area contributed by atoms with Crippen LogP contribution in [0, 0.1) is 6.92 Å². The number of aryl methyl sites for hydroxylation is 1. The maximum atomic E-state index is 13.2. The molecule has 0 atom stereocenters. The molecule has 0 aliphatic carbocycles. The highest BCUT2D eigenvalue weighted by atomic mass is 32.2. The number of nitrogen functional groups attached to an aromatic ring is 1. The van der Waals surface area contributed by atoms with Crippen LogP contribution in [0.3, 0.4) is 0 Å². The number of nitrogens with zero attached hydrogens (tertiary/aromatic N) is 1. The van der Waals surface area contributed by atoms with Crippen molar-refractivity contribution in [1.29, 1.82) is 0 Å². The van der Waals surface area contributed by atoms with Gasteiger partial charge in [0.05, 0.1) is 24.0 Å². The van der Waals surface area contributed by atoms with Gasteiger partial charge in [-0.3, -0.25) is 14.1 Å². The zero-order valence-electron chi connectivity index (χ0n) is 15.5. The standard InChI is InChI=1S/C20H16N2O6S/c1-10-8-11(6-7-15(10)28-2)22-19(23)13-5-3-4-12-17(13)14(20(22)24)9-16(18(12)21)29(25,26)27/h3-9H,21H2,1-2H3,(H,25,26,27). The minimum Gasteiger partial charge on any atom is -0.496 e. The number of hydrogen-bond donors (Lipinski definition) is 2. The Morgan fingerprint density at radius 1 is 1.03 bits per heavy atom. The molecule has 1 aliphatic heterocycles. The summed E-state index contributed by atoms with van der Waals surface area (Å²) in [6.07, 6.45) is 0. The molecular formula is C20H16N2O6S. The fourth-order valence-electron chi connectivity index (χ4n) is 3.61. The van der Waals surface area contributed by atoms with Crippen molar-refractivity contribution in [2.45, 2.75) is 11.8 Å². The SMILES string of the molecule is COc1ccc(N2C(=O)c3cccc4c(N)c(S(=O)(=O)O)cc(c34)C2=O)cc1C. The predicted octanol–water partition coefficient (Wildman–Crippen LogP) is 2.79. The molecule has 0 radical (unpaired) electrons.